The van der Waals surface area contributed by atoms with E-state index in [1.54, 1.807) is 18.2 Å². The second-order valence-electron chi connectivity index (χ2n) is 4.13. The van der Waals surface area contributed by atoms with E-state index in [1.807, 2.05) is 0 Å². The molecule has 6 nitrogen and oxygen atoms in total. The Bertz CT molecular complexity index is 600. The van der Waals surface area contributed by atoms with Crippen LogP contribution in [0.2, 0.25) is 0 Å². The summed E-state index contributed by atoms with van der Waals surface area (Å²) in [6.07, 6.45) is 1.14. The minimum Gasteiger partial charge on any atom is -0.446 e. The van der Waals surface area contributed by atoms with Gasteiger partial charge in [-0.25, -0.2) is 9.37 Å². The summed E-state index contributed by atoms with van der Waals surface area (Å²) in [7, 11) is 0. The Morgan fingerprint density at radius 3 is 2.95 bits per heavy atom. The standard InChI is InChI=1S/C13H14FN3O3/c14-9-4-2-1-3-8(9)5-16-12(19)11-7-20-13(17-11)10(15)6-18/h1-4,7,10,18H,5-6,15H2,(H,16,19). The third-order valence-corrected chi connectivity index (χ3v) is 2.67. The number of nitrogens with zero attached hydrogens (tertiary/aromatic N) is 1. The van der Waals surface area contributed by atoms with Crippen LogP contribution in [0.5, 0.6) is 0 Å². The molecule has 0 fully saturated rings. The van der Waals surface area contributed by atoms with Crippen molar-refractivity contribution in [3.8, 4) is 0 Å². The molecule has 0 aliphatic rings. The number of nitrogens with one attached hydrogen (secondary N) is 1. The van der Waals surface area contributed by atoms with Gasteiger partial charge in [-0.1, -0.05) is 18.2 Å². The van der Waals surface area contributed by atoms with E-state index >= 15 is 0 Å². The summed E-state index contributed by atoms with van der Waals surface area (Å²) in [4.78, 5) is 15.7. The lowest BCUT2D eigenvalue weighted by Crippen LogP contribution is -2.24. The number of oxazole rings is 1. The first kappa shape index (κ1) is 14.2. The van der Waals surface area contributed by atoms with Gasteiger partial charge in [0.15, 0.2) is 5.69 Å². The maximum Gasteiger partial charge on any atom is 0.273 e. The fourth-order valence-corrected chi connectivity index (χ4v) is 1.55. The van der Waals surface area contributed by atoms with Gasteiger partial charge < -0.3 is 20.6 Å². The van der Waals surface area contributed by atoms with Crippen LogP contribution in [0.25, 0.3) is 0 Å². The van der Waals surface area contributed by atoms with Crippen molar-refractivity contribution in [2.45, 2.75) is 12.6 Å². The van der Waals surface area contributed by atoms with E-state index in [0.29, 0.717) is 5.56 Å². The zero-order chi connectivity index (χ0) is 14.5. The first-order valence-electron chi connectivity index (χ1n) is 5.95. The second-order valence-corrected chi connectivity index (χ2v) is 4.13. The predicted octanol–water partition coefficient (Wildman–Crippen LogP) is 0.736. The lowest BCUT2D eigenvalue weighted by Gasteiger charge is -2.04. The molecule has 0 saturated heterocycles. The third kappa shape index (κ3) is 3.19. The summed E-state index contributed by atoms with van der Waals surface area (Å²) in [5.74, 6) is -0.826. The molecule has 1 atom stereocenters. The number of nitrogens with two attached hydrogens (primary N) is 1. The minimum atomic E-state index is -0.775. The number of amides is 1. The van der Waals surface area contributed by atoms with Crippen LogP contribution in [-0.4, -0.2) is 22.6 Å². The quantitative estimate of drug-likeness (QED) is 0.749. The number of rotatable bonds is 5. The molecule has 0 aliphatic heterocycles. The largest absolute Gasteiger partial charge is 0.446 e. The average molecular weight is 279 g/mol. The lowest BCUT2D eigenvalue weighted by atomic mass is 10.2. The van der Waals surface area contributed by atoms with E-state index in [-0.39, 0.29) is 24.7 Å². The fourth-order valence-electron chi connectivity index (χ4n) is 1.55. The number of aliphatic hydroxyl groups excluding tert-OH is 1. The fraction of sp³-hybridized carbons (Fsp3) is 0.231. The Balaban J connectivity index is 1.99. The van der Waals surface area contributed by atoms with Gasteiger partial charge in [0.1, 0.15) is 18.1 Å². The number of benzene rings is 1. The molecule has 1 aromatic carbocycles. The van der Waals surface area contributed by atoms with Gasteiger partial charge in [-0.05, 0) is 6.07 Å². The molecule has 0 radical (unpaired) electrons. The molecule has 106 valence electrons. The van der Waals surface area contributed by atoms with E-state index < -0.39 is 17.8 Å². The molecule has 1 aromatic heterocycles. The van der Waals surface area contributed by atoms with Gasteiger partial charge in [0.2, 0.25) is 5.89 Å². The van der Waals surface area contributed by atoms with Crippen molar-refractivity contribution < 1.29 is 18.7 Å². The predicted molar refractivity (Wildman–Crippen MR) is 68.1 cm³/mol. The van der Waals surface area contributed by atoms with Crippen LogP contribution in [0.15, 0.2) is 34.9 Å². The van der Waals surface area contributed by atoms with Crippen molar-refractivity contribution in [1.82, 2.24) is 10.3 Å². The maximum absolute atomic E-state index is 13.4. The highest BCUT2D eigenvalue weighted by atomic mass is 19.1. The van der Waals surface area contributed by atoms with Crippen molar-refractivity contribution >= 4 is 5.91 Å². The average Bonchev–Trinajstić information content (AvgIpc) is 2.95. The SMILES string of the molecule is NC(CO)c1nc(C(=O)NCc2ccccc2F)co1. The maximum atomic E-state index is 13.4. The minimum absolute atomic E-state index is 0.0280. The van der Waals surface area contributed by atoms with Crippen LogP contribution >= 0.6 is 0 Å². The smallest absolute Gasteiger partial charge is 0.273 e. The zero-order valence-corrected chi connectivity index (χ0v) is 10.5. The van der Waals surface area contributed by atoms with Crippen molar-refractivity contribution in [2.75, 3.05) is 6.61 Å². The van der Waals surface area contributed by atoms with E-state index in [4.69, 9.17) is 15.3 Å². The van der Waals surface area contributed by atoms with Crippen molar-refractivity contribution in [3.63, 3.8) is 0 Å². The van der Waals surface area contributed by atoms with Gasteiger partial charge in [-0.2, -0.15) is 0 Å². The van der Waals surface area contributed by atoms with Gasteiger partial charge in [0, 0.05) is 12.1 Å². The first-order chi connectivity index (χ1) is 9.61. The van der Waals surface area contributed by atoms with Gasteiger partial charge in [-0.3, -0.25) is 4.79 Å². The summed E-state index contributed by atoms with van der Waals surface area (Å²) < 4.78 is 18.4. The Hall–Kier alpha value is -2.25. The van der Waals surface area contributed by atoms with Gasteiger partial charge in [0.25, 0.3) is 5.91 Å². The number of hydrogen-bond acceptors (Lipinski definition) is 5. The topological polar surface area (TPSA) is 101 Å². The molecular weight excluding hydrogens is 265 g/mol. The number of aromatic nitrogens is 1. The molecular formula is C13H14FN3O3. The highest BCUT2D eigenvalue weighted by molar-refractivity contribution is 5.91. The molecule has 1 heterocycles. The molecule has 0 bridgehead atoms. The van der Waals surface area contributed by atoms with Crippen molar-refractivity contribution in [2.24, 2.45) is 5.73 Å². The van der Waals surface area contributed by atoms with E-state index in [9.17, 15) is 9.18 Å². The molecule has 20 heavy (non-hydrogen) atoms. The summed E-state index contributed by atoms with van der Waals surface area (Å²) in [6.45, 7) is -0.295. The Labute approximate surface area is 114 Å². The Kier molecular flexibility index (Phi) is 4.44. The normalized spacial score (nSPS) is 12.2. The molecule has 2 rings (SSSR count). The van der Waals surface area contributed by atoms with Gasteiger partial charge >= 0.3 is 0 Å². The molecule has 7 heteroatoms. The van der Waals surface area contributed by atoms with Crippen LogP contribution in [0.3, 0.4) is 0 Å². The molecule has 1 amide bonds. The van der Waals surface area contributed by atoms with Crippen LogP contribution < -0.4 is 11.1 Å². The van der Waals surface area contributed by atoms with Crippen molar-refractivity contribution in [1.29, 1.82) is 0 Å². The number of carbonyl (C=O) groups excluding carboxylic acids is 1. The molecule has 0 saturated carbocycles. The molecule has 4 N–H and O–H groups in total. The van der Waals surface area contributed by atoms with Crippen LogP contribution in [-0.2, 0) is 6.54 Å². The number of hydrogen-bond donors (Lipinski definition) is 3. The van der Waals surface area contributed by atoms with Crippen LogP contribution in [0.1, 0.15) is 28.0 Å². The summed E-state index contributed by atoms with van der Waals surface area (Å²) in [5, 5.41) is 11.4. The third-order valence-electron chi connectivity index (χ3n) is 2.67. The zero-order valence-electron chi connectivity index (χ0n) is 10.5. The van der Waals surface area contributed by atoms with E-state index in [1.165, 1.54) is 6.07 Å². The summed E-state index contributed by atoms with van der Waals surface area (Å²) >= 11 is 0. The van der Waals surface area contributed by atoms with E-state index in [0.717, 1.165) is 6.26 Å². The number of halogens is 1. The van der Waals surface area contributed by atoms with Crippen molar-refractivity contribution in [3.05, 3.63) is 53.5 Å². The summed E-state index contributed by atoms with van der Waals surface area (Å²) in [5.41, 5.74) is 5.90. The second kappa shape index (κ2) is 6.27. The first-order valence-corrected chi connectivity index (χ1v) is 5.95. The number of aliphatic hydroxyl groups is 1. The molecule has 1 unspecified atom stereocenters. The number of carbonyl (C=O) groups is 1. The van der Waals surface area contributed by atoms with Gasteiger partial charge in [-0.15, -0.1) is 0 Å². The van der Waals surface area contributed by atoms with Gasteiger partial charge in [0.05, 0.1) is 6.61 Å². The molecule has 2 aromatic rings. The monoisotopic (exact) mass is 279 g/mol. The van der Waals surface area contributed by atoms with E-state index in [2.05, 4.69) is 10.3 Å². The van der Waals surface area contributed by atoms with Crippen LogP contribution in [0.4, 0.5) is 4.39 Å². The van der Waals surface area contributed by atoms with Crippen LogP contribution in [0, 0.1) is 5.82 Å². The molecule has 0 spiro atoms. The highest BCUT2D eigenvalue weighted by Crippen LogP contribution is 2.10. The lowest BCUT2D eigenvalue weighted by molar-refractivity contribution is 0.0945. The molecule has 0 aliphatic carbocycles. The Morgan fingerprint density at radius 2 is 2.25 bits per heavy atom. The Morgan fingerprint density at radius 1 is 1.50 bits per heavy atom. The highest BCUT2D eigenvalue weighted by Gasteiger charge is 2.16. The summed E-state index contributed by atoms with van der Waals surface area (Å²) in [6, 6.07) is 5.37.